The van der Waals surface area contributed by atoms with Gasteiger partial charge in [-0.2, -0.15) is 0 Å². The van der Waals surface area contributed by atoms with Gasteiger partial charge in [0, 0.05) is 10.6 Å². The third kappa shape index (κ3) is 5.08. The van der Waals surface area contributed by atoms with Crippen LogP contribution in [0.5, 0.6) is 11.5 Å². The van der Waals surface area contributed by atoms with Crippen LogP contribution in [-0.2, 0) is 4.79 Å². The first-order chi connectivity index (χ1) is 8.93. The molecule has 1 N–H and O–H groups in total. The molecule has 1 aromatic carbocycles. The van der Waals surface area contributed by atoms with Gasteiger partial charge in [-0.1, -0.05) is 22.5 Å². The summed E-state index contributed by atoms with van der Waals surface area (Å²) in [5.41, 5.74) is 0.691. The molecule has 0 aromatic heterocycles. The Kier molecular flexibility index (Phi) is 6.11. The number of aliphatic carboxylic acids is 1. The van der Waals surface area contributed by atoms with E-state index in [1.165, 1.54) is 13.2 Å². The molecule has 0 aliphatic carbocycles. The Labute approximate surface area is 128 Å². The van der Waals surface area contributed by atoms with Gasteiger partial charge in [-0.3, -0.25) is 0 Å². The van der Waals surface area contributed by atoms with Crippen molar-refractivity contribution >= 4 is 43.9 Å². The van der Waals surface area contributed by atoms with Gasteiger partial charge >= 0.3 is 5.97 Å². The number of rotatable bonds is 6. The van der Waals surface area contributed by atoms with Crippen molar-refractivity contribution in [3.8, 4) is 11.5 Å². The van der Waals surface area contributed by atoms with Crippen molar-refractivity contribution < 1.29 is 19.4 Å². The summed E-state index contributed by atoms with van der Waals surface area (Å²) in [5, 5.41) is 8.60. The van der Waals surface area contributed by atoms with Gasteiger partial charge in [-0.05, 0) is 39.7 Å². The normalized spacial score (nSPS) is 10.5. The molecule has 0 saturated heterocycles. The van der Waals surface area contributed by atoms with Crippen LogP contribution in [0.15, 0.2) is 33.7 Å². The van der Waals surface area contributed by atoms with E-state index in [9.17, 15) is 4.79 Å². The summed E-state index contributed by atoms with van der Waals surface area (Å²) in [4.78, 5) is 10.5. The number of hydrogen-bond donors (Lipinski definition) is 1. The zero-order valence-electron chi connectivity index (χ0n) is 10.2. The summed E-state index contributed by atoms with van der Waals surface area (Å²) in [6.45, 7) is 3.99. The van der Waals surface area contributed by atoms with E-state index < -0.39 is 5.97 Å². The van der Waals surface area contributed by atoms with Crippen LogP contribution in [0.1, 0.15) is 5.56 Å². The van der Waals surface area contributed by atoms with Gasteiger partial charge in [-0.15, -0.1) is 0 Å². The van der Waals surface area contributed by atoms with Crippen molar-refractivity contribution in [2.75, 3.05) is 13.7 Å². The molecule has 0 aliphatic rings. The molecule has 0 heterocycles. The van der Waals surface area contributed by atoms with Gasteiger partial charge in [-0.25, -0.2) is 4.79 Å². The minimum Gasteiger partial charge on any atom is -0.493 e. The van der Waals surface area contributed by atoms with Crippen molar-refractivity contribution in [1.82, 2.24) is 0 Å². The second-order valence-electron chi connectivity index (χ2n) is 3.51. The number of carboxylic acids is 1. The average molecular weight is 392 g/mol. The Bertz CT molecular complexity index is 524. The van der Waals surface area contributed by atoms with E-state index in [2.05, 4.69) is 38.4 Å². The maximum atomic E-state index is 10.5. The molecule has 0 bridgehead atoms. The SMILES string of the molecule is C=C(Br)COc1c(Br)cc(/C=C/C(=O)O)cc1OC. The number of halogens is 2. The van der Waals surface area contributed by atoms with Crippen molar-refractivity contribution in [1.29, 1.82) is 0 Å². The van der Waals surface area contributed by atoms with Crippen LogP contribution in [0.2, 0.25) is 0 Å². The molecule has 0 unspecified atom stereocenters. The highest BCUT2D eigenvalue weighted by Gasteiger charge is 2.11. The summed E-state index contributed by atoms with van der Waals surface area (Å²) in [7, 11) is 1.52. The first kappa shape index (κ1) is 15.8. The average Bonchev–Trinajstić information content (AvgIpc) is 2.34. The van der Waals surface area contributed by atoms with Crippen LogP contribution in [-0.4, -0.2) is 24.8 Å². The second kappa shape index (κ2) is 7.35. The number of benzene rings is 1. The fourth-order valence-corrected chi connectivity index (χ4v) is 1.98. The van der Waals surface area contributed by atoms with Crippen LogP contribution in [0.4, 0.5) is 0 Å². The molecular weight excluding hydrogens is 380 g/mol. The molecule has 0 saturated carbocycles. The van der Waals surface area contributed by atoms with E-state index in [0.29, 0.717) is 32.6 Å². The summed E-state index contributed by atoms with van der Waals surface area (Å²) in [5.74, 6) is 0.0368. The lowest BCUT2D eigenvalue weighted by atomic mass is 10.2. The fraction of sp³-hybridized carbons (Fsp3) is 0.154. The molecule has 102 valence electrons. The molecule has 19 heavy (non-hydrogen) atoms. The number of carbonyl (C=O) groups is 1. The Balaban J connectivity index is 3.07. The Hall–Kier alpha value is -1.27. The predicted octanol–water partition coefficient (Wildman–Crippen LogP) is 3.84. The predicted molar refractivity (Wildman–Crippen MR) is 80.9 cm³/mol. The maximum Gasteiger partial charge on any atom is 0.328 e. The minimum absolute atomic E-state index is 0.305. The van der Waals surface area contributed by atoms with Gasteiger partial charge in [0.25, 0.3) is 0 Å². The lowest BCUT2D eigenvalue weighted by Crippen LogP contribution is -2.00. The monoisotopic (exact) mass is 390 g/mol. The molecule has 0 aliphatic heterocycles. The molecule has 0 spiro atoms. The highest BCUT2D eigenvalue weighted by Crippen LogP contribution is 2.37. The number of methoxy groups -OCH3 is 1. The van der Waals surface area contributed by atoms with Gasteiger partial charge < -0.3 is 14.6 Å². The van der Waals surface area contributed by atoms with Crippen LogP contribution < -0.4 is 9.47 Å². The molecule has 0 amide bonds. The minimum atomic E-state index is -1.01. The van der Waals surface area contributed by atoms with E-state index in [1.54, 1.807) is 12.1 Å². The van der Waals surface area contributed by atoms with Crippen LogP contribution in [0.3, 0.4) is 0 Å². The topological polar surface area (TPSA) is 55.8 Å². The van der Waals surface area contributed by atoms with Crippen molar-refractivity contribution in [3.63, 3.8) is 0 Å². The third-order valence-corrected chi connectivity index (χ3v) is 2.86. The highest BCUT2D eigenvalue weighted by molar-refractivity contribution is 9.11. The maximum absolute atomic E-state index is 10.5. The van der Waals surface area contributed by atoms with Gasteiger partial charge in [0.15, 0.2) is 11.5 Å². The number of carboxylic acid groups (broad SMARTS) is 1. The van der Waals surface area contributed by atoms with Crippen LogP contribution in [0.25, 0.3) is 6.08 Å². The quantitative estimate of drug-likeness (QED) is 0.748. The summed E-state index contributed by atoms with van der Waals surface area (Å²) in [6, 6.07) is 3.44. The Morgan fingerprint density at radius 1 is 1.53 bits per heavy atom. The molecule has 0 atom stereocenters. The van der Waals surface area contributed by atoms with Crippen molar-refractivity contribution in [2.24, 2.45) is 0 Å². The Morgan fingerprint density at radius 3 is 2.74 bits per heavy atom. The summed E-state index contributed by atoms with van der Waals surface area (Å²) < 4.78 is 12.1. The fourth-order valence-electron chi connectivity index (χ4n) is 1.29. The van der Waals surface area contributed by atoms with Gasteiger partial charge in [0.05, 0.1) is 11.6 Å². The third-order valence-electron chi connectivity index (χ3n) is 2.04. The number of hydrogen-bond acceptors (Lipinski definition) is 3. The van der Waals surface area contributed by atoms with Crippen molar-refractivity contribution in [3.05, 3.63) is 39.3 Å². The molecule has 0 fully saturated rings. The zero-order valence-corrected chi connectivity index (χ0v) is 13.3. The molecule has 0 radical (unpaired) electrons. The first-order valence-corrected chi connectivity index (χ1v) is 6.77. The van der Waals surface area contributed by atoms with E-state index >= 15 is 0 Å². The summed E-state index contributed by atoms with van der Waals surface area (Å²) >= 11 is 6.57. The molecule has 1 aromatic rings. The van der Waals surface area contributed by atoms with Crippen LogP contribution >= 0.6 is 31.9 Å². The Morgan fingerprint density at radius 2 is 2.21 bits per heavy atom. The summed E-state index contributed by atoms with van der Waals surface area (Å²) in [6.07, 6.45) is 2.53. The molecule has 6 heteroatoms. The lowest BCUT2D eigenvalue weighted by Gasteiger charge is -2.13. The van der Waals surface area contributed by atoms with Gasteiger partial charge in [0.2, 0.25) is 0 Å². The lowest BCUT2D eigenvalue weighted by molar-refractivity contribution is -0.131. The largest absolute Gasteiger partial charge is 0.493 e. The first-order valence-electron chi connectivity index (χ1n) is 5.18. The molecule has 1 rings (SSSR count). The van der Waals surface area contributed by atoms with E-state index in [-0.39, 0.29) is 0 Å². The molecular formula is C13H12Br2O4. The van der Waals surface area contributed by atoms with Crippen LogP contribution in [0, 0.1) is 0 Å². The zero-order chi connectivity index (χ0) is 14.4. The van der Waals surface area contributed by atoms with E-state index in [0.717, 1.165) is 6.08 Å². The second-order valence-corrected chi connectivity index (χ2v) is 5.49. The highest BCUT2D eigenvalue weighted by atomic mass is 79.9. The van der Waals surface area contributed by atoms with Gasteiger partial charge in [0.1, 0.15) is 6.61 Å². The van der Waals surface area contributed by atoms with E-state index in [1.807, 2.05) is 0 Å². The smallest absolute Gasteiger partial charge is 0.328 e. The van der Waals surface area contributed by atoms with Crippen molar-refractivity contribution in [2.45, 2.75) is 0 Å². The van der Waals surface area contributed by atoms with E-state index in [4.69, 9.17) is 14.6 Å². The molecule has 4 nitrogen and oxygen atoms in total. The standard InChI is InChI=1S/C13H12Br2O4/c1-8(14)7-19-13-10(15)5-9(3-4-12(16)17)6-11(13)18-2/h3-6H,1,7H2,2H3,(H,16,17)/b4-3+. The number of ether oxygens (including phenoxy) is 2.